The number of nitrogens with one attached hydrogen (secondary N) is 1. The second-order valence-corrected chi connectivity index (χ2v) is 3.95. The lowest BCUT2D eigenvalue weighted by atomic mass is 10.3. The molecule has 0 saturated carbocycles. The summed E-state index contributed by atoms with van der Waals surface area (Å²) in [6, 6.07) is 0. The highest BCUT2D eigenvalue weighted by atomic mass is 19.4. The van der Waals surface area contributed by atoms with Gasteiger partial charge >= 0.3 is 18.2 Å². The predicted molar refractivity (Wildman–Crippen MR) is 54.8 cm³/mol. The monoisotopic (exact) mass is 269 g/mol. The van der Waals surface area contributed by atoms with E-state index in [0.29, 0.717) is 0 Å². The highest BCUT2D eigenvalue weighted by molar-refractivity contribution is 5.81. The van der Waals surface area contributed by atoms with Crippen LogP contribution in [0.5, 0.6) is 0 Å². The van der Waals surface area contributed by atoms with Crippen molar-refractivity contribution in [3.63, 3.8) is 0 Å². The van der Waals surface area contributed by atoms with E-state index in [1.54, 1.807) is 4.90 Å². The van der Waals surface area contributed by atoms with Gasteiger partial charge in [0.15, 0.2) is 0 Å². The molecule has 1 unspecified atom stereocenters. The molecule has 2 amide bonds. The number of carbonyl (C=O) groups is 2. The van der Waals surface area contributed by atoms with Gasteiger partial charge in [0.25, 0.3) is 0 Å². The van der Waals surface area contributed by atoms with Crippen LogP contribution in [-0.4, -0.2) is 65.4 Å². The van der Waals surface area contributed by atoms with Crippen LogP contribution in [0.4, 0.5) is 18.0 Å². The van der Waals surface area contributed by atoms with Crippen LogP contribution in [0.1, 0.15) is 6.92 Å². The van der Waals surface area contributed by atoms with Crippen molar-refractivity contribution in [3.8, 4) is 0 Å². The Kier molecular flexibility index (Phi) is 4.38. The molecule has 9 heteroatoms. The Labute approximate surface area is 101 Å². The van der Waals surface area contributed by atoms with Gasteiger partial charge in [0.05, 0.1) is 6.17 Å². The molecule has 18 heavy (non-hydrogen) atoms. The Morgan fingerprint density at radius 1 is 1.22 bits per heavy atom. The molecular weight excluding hydrogens is 255 g/mol. The molecule has 0 aromatic carbocycles. The van der Waals surface area contributed by atoms with Gasteiger partial charge in [-0.15, -0.1) is 0 Å². The van der Waals surface area contributed by atoms with E-state index in [9.17, 15) is 22.8 Å². The lowest BCUT2D eigenvalue weighted by molar-refractivity contribution is -0.175. The fraction of sp³-hybridized carbons (Fsp3) is 0.778. The molecule has 1 heterocycles. The summed E-state index contributed by atoms with van der Waals surface area (Å²) in [6.07, 6.45) is -6.74. The van der Waals surface area contributed by atoms with Crippen LogP contribution in [0.2, 0.25) is 0 Å². The lowest BCUT2D eigenvalue weighted by Crippen LogP contribution is -2.57. The van der Waals surface area contributed by atoms with Crippen LogP contribution in [0, 0.1) is 0 Å². The molecule has 0 aliphatic carbocycles. The minimum Gasteiger partial charge on any atom is -0.465 e. The standard InChI is InChI=1S/C9H14F3N3O3/c1-6(13-7(16)9(10,11)12)14-2-4-15(5-3-14)8(17)18/h6H,2-5H2,1H3,(H,13,16)(H,17,18). The summed E-state index contributed by atoms with van der Waals surface area (Å²) in [5, 5.41) is 10.5. The van der Waals surface area contributed by atoms with Gasteiger partial charge in [-0.25, -0.2) is 4.79 Å². The molecule has 2 N–H and O–H groups in total. The second kappa shape index (κ2) is 5.42. The number of amides is 2. The van der Waals surface area contributed by atoms with E-state index in [2.05, 4.69) is 0 Å². The zero-order chi connectivity index (χ0) is 13.9. The first-order valence-electron chi connectivity index (χ1n) is 5.31. The first kappa shape index (κ1) is 14.6. The van der Waals surface area contributed by atoms with Gasteiger partial charge in [0.2, 0.25) is 0 Å². The summed E-state index contributed by atoms with van der Waals surface area (Å²) in [4.78, 5) is 24.1. The number of carboxylic acid groups (broad SMARTS) is 1. The van der Waals surface area contributed by atoms with Crippen LogP contribution in [0.15, 0.2) is 0 Å². The van der Waals surface area contributed by atoms with Gasteiger partial charge in [0, 0.05) is 26.2 Å². The van der Waals surface area contributed by atoms with Crippen molar-refractivity contribution in [2.24, 2.45) is 0 Å². The van der Waals surface area contributed by atoms with Crippen LogP contribution in [0.3, 0.4) is 0 Å². The van der Waals surface area contributed by atoms with Gasteiger partial charge in [-0.3, -0.25) is 9.69 Å². The summed E-state index contributed by atoms with van der Waals surface area (Å²) in [5.41, 5.74) is 0. The minimum atomic E-state index is -4.91. The highest BCUT2D eigenvalue weighted by Crippen LogP contribution is 2.15. The Morgan fingerprint density at radius 2 is 1.72 bits per heavy atom. The minimum absolute atomic E-state index is 0.210. The predicted octanol–water partition coefficient (Wildman–Crippen LogP) is 0.307. The molecule has 0 aromatic heterocycles. The van der Waals surface area contributed by atoms with Gasteiger partial charge in [0.1, 0.15) is 0 Å². The molecule has 0 radical (unpaired) electrons. The van der Waals surface area contributed by atoms with Crippen LogP contribution in [0.25, 0.3) is 0 Å². The summed E-state index contributed by atoms with van der Waals surface area (Å²) in [7, 11) is 0. The molecule has 1 atom stereocenters. The quantitative estimate of drug-likeness (QED) is 0.756. The summed E-state index contributed by atoms with van der Waals surface area (Å²) in [6.45, 7) is 2.42. The molecule has 1 fully saturated rings. The number of rotatable bonds is 2. The van der Waals surface area contributed by atoms with Crippen LogP contribution >= 0.6 is 0 Å². The Bertz CT molecular complexity index is 327. The molecule has 1 saturated heterocycles. The van der Waals surface area contributed by atoms with E-state index >= 15 is 0 Å². The number of halogens is 3. The third-order valence-electron chi connectivity index (χ3n) is 2.73. The third kappa shape index (κ3) is 3.76. The van der Waals surface area contributed by atoms with E-state index < -0.39 is 24.3 Å². The van der Waals surface area contributed by atoms with E-state index in [0.717, 1.165) is 0 Å². The molecule has 0 spiro atoms. The third-order valence-corrected chi connectivity index (χ3v) is 2.73. The van der Waals surface area contributed by atoms with Gasteiger partial charge < -0.3 is 15.3 Å². The maximum Gasteiger partial charge on any atom is 0.471 e. The van der Waals surface area contributed by atoms with Crippen molar-refractivity contribution in [1.29, 1.82) is 0 Å². The zero-order valence-electron chi connectivity index (χ0n) is 9.70. The Balaban J connectivity index is 2.43. The topological polar surface area (TPSA) is 72.9 Å². The number of hydrogen-bond donors (Lipinski definition) is 2. The van der Waals surface area contributed by atoms with Gasteiger partial charge in [-0.1, -0.05) is 0 Å². The number of alkyl halides is 3. The second-order valence-electron chi connectivity index (χ2n) is 3.95. The summed E-state index contributed by atoms with van der Waals surface area (Å²) >= 11 is 0. The summed E-state index contributed by atoms with van der Waals surface area (Å²) < 4.78 is 36.1. The van der Waals surface area contributed by atoms with Gasteiger partial charge in [-0.2, -0.15) is 13.2 Å². The average molecular weight is 269 g/mol. The highest BCUT2D eigenvalue weighted by Gasteiger charge is 2.40. The number of nitrogens with zero attached hydrogens (tertiary/aromatic N) is 2. The van der Waals surface area contributed by atoms with Crippen molar-refractivity contribution >= 4 is 12.0 Å². The number of hydrogen-bond acceptors (Lipinski definition) is 3. The fourth-order valence-corrected chi connectivity index (χ4v) is 1.66. The van der Waals surface area contributed by atoms with Crippen LogP contribution < -0.4 is 5.32 Å². The zero-order valence-corrected chi connectivity index (χ0v) is 9.70. The van der Waals surface area contributed by atoms with Gasteiger partial charge in [-0.05, 0) is 6.92 Å². The molecule has 0 aromatic rings. The first-order valence-corrected chi connectivity index (χ1v) is 5.31. The smallest absolute Gasteiger partial charge is 0.465 e. The number of carbonyl (C=O) groups excluding carboxylic acids is 1. The molecule has 1 aliphatic heterocycles. The van der Waals surface area contributed by atoms with Crippen molar-refractivity contribution < 1.29 is 27.9 Å². The Morgan fingerprint density at radius 3 is 2.11 bits per heavy atom. The number of piperazine rings is 1. The maximum atomic E-state index is 12.0. The normalized spacial score (nSPS) is 19.4. The summed E-state index contributed by atoms with van der Waals surface area (Å²) in [5.74, 6) is -1.99. The first-order chi connectivity index (χ1) is 8.21. The van der Waals surface area contributed by atoms with Crippen molar-refractivity contribution in [2.45, 2.75) is 19.3 Å². The van der Waals surface area contributed by atoms with Crippen molar-refractivity contribution in [3.05, 3.63) is 0 Å². The van der Waals surface area contributed by atoms with E-state index in [1.807, 2.05) is 5.32 Å². The van der Waals surface area contributed by atoms with E-state index in [4.69, 9.17) is 5.11 Å². The Hall–Kier alpha value is -1.51. The van der Waals surface area contributed by atoms with E-state index in [-0.39, 0.29) is 26.2 Å². The van der Waals surface area contributed by atoms with E-state index in [1.165, 1.54) is 11.8 Å². The van der Waals surface area contributed by atoms with Crippen molar-refractivity contribution in [2.75, 3.05) is 26.2 Å². The molecule has 0 bridgehead atoms. The molecule has 1 aliphatic rings. The molecular formula is C9H14F3N3O3. The molecule has 6 nitrogen and oxygen atoms in total. The fourth-order valence-electron chi connectivity index (χ4n) is 1.66. The average Bonchev–Trinajstić information content (AvgIpc) is 2.27. The van der Waals surface area contributed by atoms with Crippen LogP contribution in [-0.2, 0) is 4.79 Å². The maximum absolute atomic E-state index is 12.0. The van der Waals surface area contributed by atoms with Crippen molar-refractivity contribution in [1.82, 2.24) is 15.1 Å². The SMILES string of the molecule is CC(NC(=O)C(F)(F)F)N1CCN(C(=O)O)CC1. The molecule has 104 valence electrons. The largest absolute Gasteiger partial charge is 0.471 e. The molecule has 1 rings (SSSR count). The lowest BCUT2D eigenvalue weighted by Gasteiger charge is -2.36.